The van der Waals surface area contributed by atoms with Crippen LogP contribution in [-0.4, -0.2) is 61.7 Å². The fourth-order valence-electron chi connectivity index (χ4n) is 4.80. The Morgan fingerprint density at radius 3 is 2.83 bits per heavy atom. The summed E-state index contributed by atoms with van der Waals surface area (Å²) in [6, 6.07) is 8.16. The first kappa shape index (κ1) is 23.3. The van der Waals surface area contributed by atoms with Gasteiger partial charge in [0.15, 0.2) is 0 Å². The highest BCUT2D eigenvalue weighted by atomic mass is 35.5. The maximum atomic E-state index is 13.3. The van der Waals surface area contributed by atoms with Crippen molar-refractivity contribution < 1.29 is 8.78 Å². The van der Waals surface area contributed by atoms with E-state index >= 15 is 0 Å². The molecule has 2 unspecified atom stereocenters. The molecule has 3 aromatic heterocycles. The van der Waals surface area contributed by atoms with Crippen molar-refractivity contribution in [3.63, 3.8) is 0 Å². The predicted octanol–water partition coefficient (Wildman–Crippen LogP) is 4.84. The molecule has 0 spiro atoms. The van der Waals surface area contributed by atoms with Gasteiger partial charge in [0, 0.05) is 74.6 Å². The van der Waals surface area contributed by atoms with Gasteiger partial charge in [-0.3, -0.25) is 9.58 Å². The van der Waals surface area contributed by atoms with Gasteiger partial charge in [-0.2, -0.15) is 5.10 Å². The van der Waals surface area contributed by atoms with Crippen molar-refractivity contribution in [3.05, 3.63) is 53.4 Å². The summed E-state index contributed by atoms with van der Waals surface area (Å²) in [5, 5.41) is 11.4. The third-order valence-corrected chi connectivity index (χ3v) is 7.50. The molecule has 4 heterocycles. The van der Waals surface area contributed by atoms with E-state index in [1.165, 1.54) is 5.56 Å². The van der Waals surface area contributed by atoms with Gasteiger partial charge in [0.25, 0.3) is 5.92 Å². The highest BCUT2D eigenvalue weighted by Crippen LogP contribution is 2.49. The van der Waals surface area contributed by atoms with Gasteiger partial charge in [-0.25, -0.2) is 18.7 Å². The van der Waals surface area contributed by atoms with Gasteiger partial charge in [0.2, 0.25) is 5.95 Å². The summed E-state index contributed by atoms with van der Waals surface area (Å²) in [5.41, 5.74) is 4.09. The number of pyridine rings is 1. The van der Waals surface area contributed by atoms with Crippen LogP contribution in [0.1, 0.15) is 24.9 Å². The molecule has 36 heavy (non-hydrogen) atoms. The molecule has 1 saturated heterocycles. The number of nitrogens with one attached hydrogen (secondary N) is 3. The summed E-state index contributed by atoms with van der Waals surface area (Å²) in [5.74, 6) is -1.98. The molecule has 4 aromatic rings. The number of fused-ring (bicyclic) bond motifs is 1. The van der Waals surface area contributed by atoms with E-state index in [0.29, 0.717) is 22.3 Å². The summed E-state index contributed by atoms with van der Waals surface area (Å²) in [6.07, 6.45) is 5.13. The van der Waals surface area contributed by atoms with Crippen LogP contribution in [0.5, 0.6) is 0 Å². The average molecular weight is 513 g/mol. The molecule has 188 valence electrons. The Hall–Kier alpha value is -3.08. The Labute approximate surface area is 212 Å². The van der Waals surface area contributed by atoms with Crippen molar-refractivity contribution >= 4 is 34.4 Å². The second kappa shape index (κ2) is 9.10. The number of aromatic amines is 1. The van der Waals surface area contributed by atoms with Gasteiger partial charge >= 0.3 is 0 Å². The quantitative estimate of drug-likeness (QED) is 0.328. The first-order valence-corrected chi connectivity index (χ1v) is 12.5. The number of piperazine rings is 1. The SMILES string of the molecule is CC(c1ccnc(Nc2nc3c(Cl)c(-c4cnn(CC5CC5(F)F)c4)ccc3[nH]2)c1)N1CCNCC1. The molecular formula is C25H27ClF2N8. The normalized spacial score (nSPS) is 20.5. The topological polar surface area (TPSA) is 86.7 Å². The highest BCUT2D eigenvalue weighted by molar-refractivity contribution is 6.37. The Bertz CT molecular complexity index is 1390. The van der Waals surface area contributed by atoms with E-state index in [-0.39, 0.29) is 19.0 Å². The van der Waals surface area contributed by atoms with Crippen LogP contribution in [0.3, 0.4) is 0 Å². The molecule has 2 aliphatic rings. The Balaban J connectivity index is 1.20. The summed E-state index contributed by atoms with van der Waals surface area (Å²) in [7, 11) is 0. The zero-order valence-electron chi connectivity index (χ0n) is 19.8. The van der Waals surface area contributed by atoms with E-state index in [1.54, 1.807) is 23.3 Å². The Kier molecular flexibility index (Phi) is 5.89. The first-order valence-electron chi connectivity index (χ1n) is 12.1. The fraction of sp³-hybridized carbons (Fsp3) is 0.400. The monoisotopic (exact) mass is 512 g/mol. The van der Waals surface area contributed by atoms with Crippen molar-refractivity contribution in [1.82, 2.24) is 34.9 Å². The number of hydrogen-bond acceptors (Lipinski definition) is 6. The molecule has 0 radical (unpaired) electrons. The number of rotatable bonds is 7. The third-order valence-electron chi connectivity index (χ3n) is 7.11. The molecule has 0 bridgehead atoms. The maximum absolute atomic E-state index is 13.3. The number of hydrogen-bond donors (Lipinski definition) is 3. The molecule has 0 amide bonds. The summed E-state index contributed by atoms with van der Waals surface area (Å²) in [4.78, 5) is 14.8. The Morgan fingerprint density at radius 2 is 2.06 bits per heavy atom. The lowest BCUT2D eigenvalue weighted by Gasteiger charge is -2.33. The number of aromatic nitrogens is 5. The minimum atomic E-state index is -2.57. The highest BCUT2D eigenvalue weighted by Gasteiger charge is 2.56. The molecule has 11 heteroatoms. The number of nitrogens with zero attached hydrogens (tertiary/aromatic N) is 5. The number of halogens is 3. The van der Waals surface area contributed by atoms with E-state index in [2.05, 4.69) is 42.5 Å². The summed E-state index contributed by atoms with van der Waals surface area (Å²) < 4.78 is 28.1. The van der Waals surface area contributed by atoms with Crippen molar-refractivity contribution in [3.8, 4) is 11.1 Å². The molecule has 2 atom stereocenters. The smallest absolute Gasteiger partial charge is 0.253 e. The number of anilines is 2. The molecule has 2 fully saturated rings. The van der Waals surface area contributed by atoms with E-state index in [9.17, 15) is 8.78 Å². The van der Waals surface area contributed by atoms with E-state index < -0.39 is 11.8 Å². The van der Waals surface area contributed by atoms with E-state index in [4.69, 9.17) is 11.6 Å². The van der Waals surface area contributed by atoms with Gasteiger partial charge in [-0.15, -0.1) is 0 Å². The zero-order valence-corrected chi connectivity index (χ0v) is 20.6. The van der Waals surface area contributed by atoms with Gasteiger partial charge in [0.05, 0.1) is 16.7 Å². The van der Waals surface area contributed by atoms with Crippen LogP contribution in [-0.2, 0) is 6.54 Å². The molecule has 6 rings (SSSR count). The van der Waals surface area contributed by atoms with Crippen LogP contribution in [0, 0.1) is 5.92 Å². The lowest BCUT2D eigenvalue weighted by atomic mass is 10.1. The molecule has 1 aliphatic carbocycles. The summed E-state index contributed by atoms with van der Waals surface area (Å²) in [6.45, 7) is 6.44. The van der Waals surface area contributed by atoms with Crippen LogP contribution in [0.25, 0.3) is 22.2 Å². The van der Waals surface area contributed by atoms with Crippen molar-refractivity contribution in [1.29, 1.82) is 0 Å². The van der Waals surface area contributed by atoms with Crippen LogP contribution in [0.2, 0.25) is 5.02 Å². The van der Waals surface area contributed by atoms with Crippen molar-refractivity contribution in [2.24, 2.45) is 5.92 Å². The van der Waals surface area contributed by atoms with Gasteiger partial charge < -0.3 is 15.6 Å². The Morgan fingerprint density at radius 1 is 1.25 bits per heavy atom. The minimum absolute atomic E-state index is 0.0790. The largest absolute Gasteiger partial charge is 0.324 e. The van der Waals surface area contributed by atoms with Crippen LogP contribution in [0.15, 0.2) is 42.9 Å². The fourth-order valence-corrected chi connectivity index (χ4v) is 5.11. The zero-order chi connectivity index (χ0) is 24.9. The second-order valence-corrected chi connectivity index (χ2v) is 9.96. The number of H-pyrrole nitrogens is 1. The number of alkyl halides is 2. The standard InChI is InChI=1S/C25H27ClF2N8/c1-15(35-8-6-29-7-9-35)16-4-5-30-21(10-16)33-24-32-20-3-2-19(22(26)23(20)34-24)17-12-31-36(13-17)14-18-11-25(18,27)28/h2-5,10,12-13,15,18,29H,6-9,11,14H2,1H3,(H2,30,32,33,34). The van der Waals surface area contributed by atoms with E-state index in [1.807, 2.05) is 24.3 Å². The molecule has 1 saturated carbocycles. The first-order chi connectivity index (χ1) is 17.4. The van der Waals surface area contributed by atoms with Gasteiger partial charge in [-0.1, -0.05) is 17.7 Å². The average Bonchev–Trinajstić information content (AvgIpc) is 3.22. The second-order valence-electron chi connectivity index (χ2n) is 9.58. The van der Waals surface area contributed by atoms with Crippen molar-refractivity contribution in [2.45, 2.75) is 31.9 Å². The third kappa shape index (κ3) is 4.56. The lowest BCUT2D eigenvalue weighted by Crippen LogP contribution is -2.44. The van der Waals surface area contributed by atoms with Crippen LogP contribution >= 0.6 is 11.6 Å². The maximum Gasteiger partial charge on any atom is 0.253 e. The molecule has 1 aliphatic heterocycles. The van der Waals surface area contributed by atoms with Gasteiger partial charge in [-0.05, 0) is 30.7 Å². The molecule has 3 N–H and O–H groups in total. The molecular weight excluding hydrogens is 486 g/mol. The van der Waals surface area contributed by atoms with E-state index in [0.717, 1.165) is 42.8 Å². The molecule has 1 aromatic carbocycles. The van der Waals surface area contributed by atoms with Crippen LogP contribution < -0.4 is 10.6 Å². The van der Waals surface area contributed by atoms with Crippen molar-refractivity contribution in [2.75, 3.05) is 31.5 Å². The number of imidazole rings is 1. The van der Waals surface area contributed by atoms with Crippen LogP contribution in [0.4, 0.5) is 20.5 Å². The summed E-state index contributed by atoms with van der Waals surface area (Å²) >= 11 is 6.72. The lowest BCUT2D eigenvalue weighted by molar-refractivity contribution is 0.0942. The minimum Gasteiger partial charge on any atom is -0.324 e. The van der Waals surface area contributed by atoms with Gasteiger partial charge in [0.1, 0.15) is 11.3 Å². The number of benzene rings is 1. The predicted molar refractivity (Wildman–Crippen MR) is 136 cm³/mol. The molecule has 8 nitrogen and oxygen atoms in total.